The lowest BCUT2D eigenvalue weighted by atomic mass is 10.0. The Balaban J connectivity index is 1.79. The molecule has 0 saturated carbocycles. The maximum atomic E-state index is 12.5. The van der Waals surface area contributed by atoms with Crippen LogP contribution in [0.2, 0.25) is 0 Å². The van der Waals surface area contributed by atoms with Gasteiger partial charge in [-0.15, -0.1) is 0 Å². The van der Waals surface area contributed by atoms with Crippen LogP contribution >= 0.6 is 0 Å². The van der Waals surface area contributed by atoms with Crippen molar-refractivity contribution in [1.29, 1.82) is 0 Å². The van der Waals surface area contributed by atoms with Crippen LogP contribution in [0.25, 0.3) is 0 Å². The van der Waals surface area contributed by atoms with Crippen molar-refractivity contribution < 1.29 is 22.7 Å². The van der Waals surface area contributed by atoms with Crippen molar-refractivity contribution in [2.75, 3.05) is 13.1 Å². The van der Waals surface area contributed by atoms with Gasteiger partial charge in [-0.25, -0.2) is 13.1 Å². The van der Waals surface area contributed by atoms with Crippen LogP contribution in [0.1, 0.15) is 33.6 Å². The Bertz CT molecular complexity index is 976. The molecule has 0 spiro atoms. The van der Waals surface area contributed by atoms with Crippen LogP contribution < -0.4 is 20.1 Å². The molecule has 1 atom stereocenters. The van der Waals surface area contributed by atoms with E-state index in [1.807, 2.05) is 44.2 Å². The van der Waals surface area contributed by atoms with Crippen molar-refractivity contribution in [3.63, 3.8) is 0 Å². The van der Waals surface area contributed by atoms with Crippen LogP contribution in [0.5, 0.6) is 11.5 Å². The average molecular weight is 462 g/mol. The number of hydrogen-bond acceptors (Lipinski definition) is 5. The Hall–Kier alpha value is -2.91. The van der Waals surface area contributed by atoms with Gasteiger partial charge in [-0.05, 0) is 55.2 Å². The van der Waals surface area contributed by atoms with E-state index in [0.29, 0.717) is 30.9 Å². The zero-order valence-electron chi connectivity index (χ0n) is 18.6. The van der Waals surface area contributed by atoms with Crippen LogP contribution in [0.4, 0.5) is 0 Å². The molecule has 174 valence electrons. The molecule has 9 heteroatoms. The minimum absolute atomic E-state index is 0.129. The second-order valence-electron chi connectivity index (χ2n) is 7.81. The smallest absolute Gasteiger partial charge is 0.242 e. The second-order valence-corrected chi connectivity index (χ2v) is 9.58. The SMILES string of the molecule is CC(=O)N[C@@H](CC(C)C)C(=O)NCCCNS(=O)(=O)c1ccc(Oc2ccccc2)cc1. The number of carbonyl (C=O) groups excluding carboxylic acids is 2. The number of ether oxygens (including phenoxy) is 1. The summed E-state index contributed by atoms with van der Waals surface area (Å²) in [6.07, 6.45) is 0.941. The number of amides is 2. The molecule has 0 heterocycles. The molecule has 2 aromatic carbocycles. The molecule has 8 nitrogen and oxygen atoms in total. The van der Waals surface area contributed by atoms with Gasteiger partial charge in [0.05, 0.1) is 4.90 Å². The van der Waals surface area contributed by atoms with Crippen LogP contribution in [0, 0.1) is 5.92 Å². The number of sulfonamides is 1. The number of nitrogens with one attached hydrogen (secondary N) is 3. The number of hydrogen-bond donors (Lipinski definition) is 3. The first-order valence-corrected chi connectivity index (χ1v) is 12.0. The zero-order valence-corrected chi connectivity index (χ0v) is 19.4. The van der Waals surface area contributed by atoms with Crippen molar-refractivity contribution in [1.82, 2.24) is 15.4 Å². The maximum absolute atomic E-state index is 12.5. The summed E-state index contributed by atoms with van der Waals surface area (Å²) >= 11 is 0. The third-order valence-electron chi connectivity index (χ3n) is 4.46. The first kappa shape index (κ1) is 25.4. The molecule has 0 aliphatic rings. The van der Waals surface area contributed by atoms with Gasteiger partial charge in [0.25, 0.3) is 0 Å². The molecular weight excluding hydrogens is 430 g/mol. The normalized spacial score (nSPS) is 12.2. The molecule has 3 N–H and O–H groups in total. The van der Waals surface area contributed by atoms with Crippen molar-refractivity contribution in [2.24, 2.45) is 5.92 Å². The molecule has 32 heavy (non-hydrogen) atoms. The largest absolute Gasteiger partial charge is 0.457 e. The molecule has 0 fully saturated rings. The molecule has 2 aromatic rings. The Labute approximate surface area is 189 Å². The standard InChI is InChI=1S/C23H31N3O5S/c1-17(2)16-22(26-18(3)27)23(28)24-14-7-15-25-32(29,30)21-12-10-20(11-13-21)31-19-8-5-4-6-9-19/h4-6,8-13,17,22,25H,7,14-16H2,1-3H3,(H,24,28)(H,26,27)/t22-/m0/s1. The average Bonchev–Trinajstić information content (AvgIpc) is 2.73. The molecule has 0 radical (unpaired) electrons. The fraction of sp³-hybridized carbons (Fsp3) is 0.391. The molecule has 0 aromatic heterocycles. The summed E-state index contributed by atoms with van der Waals surface area (Å²) in [5.74, 6) is 0.906. The van der Waals surface area contributed by atoms with Gasteiger partial charge in [0.15, 0.2) is 0 Å². The summed E-state index contributed by atoms with van der Waals surface area (Å²) < 4.78 is 33.1. The summed E-state index contributed by atoms with van der Waals surface area (Å²) in [5.41, 5.74) is 0. The summed E-state index contributed by atoms with van der Waals surface area (Å²) in [5, 5.41) is 5.39. The van der Waals surface area contributed by atoms with Crippen LogP contribution in [0.3, 0.4) is 0 Å². The fourth-order valence-electron chi connectivity index (χ4n) is 2.97. The molecule has 2 amide bonds. The minimum atomic E-state index is -3.67. The summed E-state index contributed by atoms with van der Waals surface area (Å²) in [4.78, 5) is 23.7. The van der Waals surface area contributed by atoms with E-state index in [1.165, 1.54) is 19.1 Å². The zero-order chi connectivity index (χ0) is 23.6. The fourth-order valence-corrected chi connectivity index (χ4v) is 4.05. The van der Waals surface area contributed by atoms with E-state index >= 15 is 0 Å². The monoisotopic (exact) mass is 461 g/mol. The quantitative estimate of drug-likeness (QED) is 0.421. The first-order valence-electron chi connectivity index (χ1n) is 10.5. The lowest BCUT2D eigenvalue weighted by Crippen LogP contribution is -2.47. The highest BCUT2D eigenvalue weighted by molar-refractivity contribution is 7.89. The summed E-state index contributed by atoms with van der Waals surface area (Å²) in [7, 11) is -3.67. The Morgan fingerprint density at radius 3 is 2.16 bits per heavy atom. The van der Waals surface area contributed by atoms with Gasteiger partial charge in [-0.3, -0.25) is 9.59 Å². The molecule has 0 bridgehead atoms. The lowest BCUT2D eigenvalue weighted by Gasteiger charge is -2.19. The van der Waals surface area contributed by atoms with E-state index in [0.717, 1.165) is 0 Å². The molecule has 0 unspecified atom stereocenters. The van der Waals surface area contributed by atoms with Gasteiger partial charge < -0.3 is 15.4 Å². The van der Waals surface area contributed by atoms with E-state index in [2.05, 4.69) is 15.4 Å². The molecule has 0 aliphatic heterocycles. The highest BCUT2D eigenvalue weighted by Gasteiger charge is 2.20. The van der Waals surface area contributed by atoms with Crippen LogP contribution in [-0.4, -0.2) is 39.4 Å². The Morgan fingerprint density at radius 2 is 1.56 bits per heavy atom. The second kappa shape index (κ2) is 12.2. The highest BCUT2D eigenvalue weighted by Crippen LogP contribution is 2.22. The van der Waals surface area contributed by atoms with Crippen molar-refractivity contribution in [3.8, 4) is 11.5 Å². The van der Waals surface area contributed by atoms with Gasteiger partial charge >= 0.3 is 0 Å². The predicted octanol–water partition coefficient (Wildman–Crippen LogP) is 2.81. The number of para-hydroxylation sites is 1. The predicted molar refractivity (Wildman–Crippen MR) is 123 cm³/mol. The van der Waals surface area contributed by atoms with Gasteiger partial charge in [0, 0.05) is 20.0 Å². The molecule has 2 rings (SSSR count). The van der Waals surface area contributed by atoms with Crippen molar-refractivity contribution in [3.05, 3.63) is 54.6 Å². The van der Waals surface area contributed by atoms with E-state index < -0.39 is 16.1 Å². The number of carbonyl (C=O) groups is 2. The summed E-state index contributed by atoms with van der Waals surface area (Å²) in [6, 6.07) is 14.8. The topological polar surface area (TPSA) is 114 Å². The number of rotatable bonds is 12. The van der Waals surface area contributed by atoms with Crippen LogP contribution in [-0.2, 0) is 19.6 Å². The molecular formula is C23H31N3O5S. The first-order chi connectivity index (χ1) is 15.2. The molecule has 0 aliphatic carbocycles. The maximum Gasteiger partial charge on any atom is 0.242 e. The van der Waals surface area contributed by atoms with Crippen molar-refractivity contribution in [2.45, 2.75) is 44.6 Å². The highest BCUT2D eigenvalue weighted by atomic mass is 32.2. The third kappa shape index (κ3) is 8.68. The Kier molecular flexibility index (Phi) is 9.67. The lowest BCUT2D eigenvalue weighted by molar-refractivity contribution is -0.128. The van der Waals surface area contributed by atoms with Crippen molar-refractivity contribution >= 4 is 21.8 Å². The Morgan fingerprint density at radius 1 is 0.938 bits per heavy atom. The minimum Gasteiger partial charge on any atom is -0.457 e. The van der Waals surface area contributed by atoms with E-state index in [-0.39, 0.29) is 29.2 Å². The van der Waals surface area contributed by atoms with E-state index in [9.17, 15) is 18.0 Å². The van der Waals surface area contributed by atoms with Gasteiger partial charge in [0.2, 0.25) is 21.8 Å². The third-order valence-corrected chi connectivity index (χ3v) is 5.94. The molecule has 0 saturated heterocycles. The van der Waals surface area contributed by atoms with Gasteiger partial charge in [-0.1, -0.05) is 32.0 Å². The van der Waals surface area contributed by atoms with E-state index in [1.54, 1.807) is 12.1 Å². The number of benzene rings is 2. The summed E-state index contributed by atoms with van der Waals surface area (Å²) in [6.45, 7) is 5.77. The van der Waals surface area contributed by atoms with Gasteiger partial charge in [-0.2, -0.15) is 0 Å². The van der Waals surface area contributed by atoms with E-state index in [4.69, 9.17) is 4.74 Å². The van der Waals surface area contributed by atoms with Gasteiger partial charge in [0.1, 0.15) is 17.5 Å². The van der Waals surface area contributed by atoms with Crippen LogP contribution in [0.15, 0.2) is 59.5 Å².